The zero-order valence-electron chi connectivity index (χ0n) is 10.6. The number of anilines is 1. The van der Waals surface area contributed by atoms with Gasteiger partial charge in [-0.15, -0.1) is 0 Å². The summed E-state index contributed by atoms with van der Waals surface area (Å²) in [5.74, 6) is -0.986. The molecule has 4 N–H and O–H groups in total. The fourth-order valence-corrected chi connectivity index (χ4v) is 1.64. The smallest absolute Gasteiger partial charge is 0.416 e. The lowest BCUT2D eigenvalue weighted by Crippen LogP contribution is -2.18. The summed E-state index contributed by atoms with van der Waals surface area (Å²) < 4.78 is 43.4. The van der Waals surface area contributed by atoms with Gasteiger partial charge in [0.25, 0.3) is 0 Å². The minimum Gasteiger partial charge on any atom is -0.462 e. The molecule has 0 aliphatic carbocycles. The molecule has 112 valence electrons. The minimum absolute atomic E-state index is 0.0133. The number of carbonyl (C=O) groups excluding carboxylic acids is 1. The van der Waals surface area contributed by atoms with Crippen molar-refractivity contribution in [1.82, 2.24) is 0 Å². The Kier molecular flexibility index (Phi) is 4.96. The van der Waals surface area contributed by atoms with E-state index < -0.39 is 41.5 Å². The first-order valence-corrected chi connectivity index (χ1v) is 5.69. The standard InChI is InChI=1S/C12H14F3NO4/c1-2-20-11(19)7-3-8(12(13,14)15)6(4-9(7)16)10(18)5-17/h3-4,10,17-18H,2,5,16H2,1H3/t10-/m1/s1. The van der Waals surface area contributed by atoms with E-state index in [1.54, 1.807) is 0 Å². The van der Waals surface area contributed by atoms with Crippen LogP contribution >= 0.6 is 0 Å². The third-order valence-corrected chi connectivity index (χ3v) is 2.55. The highest BCUT2D eigenvalue weighted by atomic mass is 19.4. The van der Waals surface area contributed by atoms with Crippen LogP contribution in [0.1, 0.15) is 34.5 Å². The number of aliphatic hydroxyl groups is 2. The highest BCUT2D eigenvalue weighted by Gasteiger charge is 2.36. The Morgan fingerprint density at radius 1 is 1.45 bits per heavy atom. The molecule has 0 saturated heterocycles. The molecule has 0 spiro atoms. The summed E-state index contributed by atoms with van der Waals surface area (Å²) in [6, 6.07) is 1.33. The summed E-state index contributed by atoms with van der Waals surface area (Å²) in [5.41, 5.74) is 2.96. The molecule has 0 bridgehead atoms. The molecule has 1 aromatic rings. The average molecular weight is 293 g/mol. The molecule has 0 aliphatic heterocycles. The van der Waals surface area contributed by atoms with E-state index in [1.165, 1.54) is 6.92 Å². The quantitative estimate of drug-likeness (QED) is 0.578. The van der Waals surface area contributed by atoms with E-state index in [9.17, 15) is 23.1 Å². The molecule has 0 radical (unpaired) electrons. The first-order valence-electron chi connectivity index (χ1n) is 5.69. The summed E-state index contributed by atoms with van der Waals surface area (Å²) in [4.78, 5) is 11.5. The minimum atomic E-state index is -4.81. The highest BCUT2D eigenvalue weighted by molar-refractivity contribution is 5.95. The van der Waals surface area contributed by atoms with Crippen molar-refractivity contribution in [2.75, 3.05) is 18.9 Å². The number of carbonyl (C=O) groups is 1. The molecule has 1 aromatic carbocycles. The van der Waals surface area contributed by atoms with Gasteiger partial charge < -0.3 is 20.7 Å². The van der Waals surface area contributed by atoms with E-state index in [-0.39, 0.29) is 12.3 Å². The number of alkyl halides is 3. The second-order valence-corrected chi connectivity index (χ2v) is 3.94. The van der Waals surface area contributed by atoms with Gasteiger partial charge >= 0.3 is 12.1 Å². The fraction of sp³-hybridized carbons (Fsp3) is 0.417. The number of esters is 1. The van der Waals surface area contributed by atoms with Crippen LogP contribution in [-0.4, -0.2) is 29.4 Å². The zero-order chi connectivity index (χ0) is 15.5. The lowest BCUT2D eigenvalue weighted by Gasteiger charge is -2.18. The summed E-state index contributed by atoms with van der Waals surface area (Å²) in [7, 11) is 0. The summed E-state index contributed by atoms with van der Waals surface area (Å²) in [5, 5.41) is 18.2. The van der Waals surface area contributed by atoms with Crippen LogP contribution in [0.15, 0.2) is 12.1 Å². The van der Waals surface area contributed by atoms with Crippen molar-refractivity contribution in [1.29, 1.82) is 0 Å². The van der Waals surface area contributed by atoms with Crippen LogP contribution in [0.5, 0.6) is 0 Å². The van der Waals surface area contributed by atoms with Gasteiger partial charge in [-0.1, -0.05) is 0 Å². The maximum atomic E-state index is 12.9. The Balaban J connectivity index is 3.44. The average Bonchev–Trinajstić information content (AvgIpc) is 2.36. The van der Waals surface area contributed by atoms with E-state index in [4.69, 9.17) is 10.8 Å². The lowest BCUT2D eigenvalue weighted by molar-refractivity contribution is -0.139. The monoisotopic (exact) mass is 293 g/mol. The van der Waals surface area contributed by atoms with Gasteiger partial charge in [0.05, 0.1) is 24.3 Å². The van der Waals surface area contributed by atoms with Gasteiger partial charge in [0.15, 0.2) is 0 Å². The molecule has 0 aromatic heterocycles. The molecule has 1 rings (SSSR count). The molecular weight excluding hydrogens is 279 g/mol. The zero-order valence-corrected chi connectivity index (χ0v) is 10.6. The molecule has 1 atom stereocenters. The van der Waals surface area contributed by atoms with Crippen molar-refractivity contribution in [3.63, 3.8) is 0 Å². The number of rotatable bonds is 4. The molecule has 0 aliphatic rings. The second-order valence-electron chi connectivity index (χ2n) is 3.94. The number of aliphatic hydroxyl groups excluding tert-OH is 2. The Morgan fingerprint density at radius 3 is 2.50 bits per heavy atom. The van der Waals surface area contributed by atoms with Crippen LogP contribution in [-0.2, 0) is 10.9 Å². The normalized spacial score (nSPS) is 13.1. The van der Waals surface area contributed by atoms with Gasteiger partial charge in [0.2, 0.25) is 0 Å². The van der Waals surface area contributed by atoms with Gasteiger partial charge in [-0.25, -0.2) is 4.79 Å². The summed E-state index contributed by atoms with van der Waals surface area (Å²) in [6.07, 6.45) is -6.55. The first-order chi connectivity index (χ1) is 9.22. The third kappa shape index (κ3) is 3.40. The molecule has 0 amide bonds. The maximum Gasteiger partial charge on any atom is 0.416 e. The van der Waals surface area contributed by atoms with E-state index >= 15 is 0 Å². The topological polar surface area (TPSA) is 92.8 Å². The fourth-order valence-electron chi connectivity index (χ4n) is 1.64. The molecule has 8 heteroatoms. The first kappa shape index (κ1) is 16.3. The van der Waals surface area contributed by atoms with Crippen molar-refractivity contribution in [2.24, 2.45) is 0 Å². The van der Waals surface area contributed by atoms with Crippen LogP contribution < -0.4 is 5.73 Å². The van der Waals surface area contributed by atoms with Gasteiger partial charge in [0.1, 0.15) is 6.10 Å². The number of hydrogen-bond donors (Lipinski definition) is 3. The predicted molar refractivity (Wildman–Crippen MR) is 63.9 cm³/mol. The number of benzene rings is 1. The lowest BCUT2D eigenvalue weighted by atomic mass is 9.97. The molecule has 20 heavy (non-hydrogen) atoms. The number of halogens is 3. The largest absolute Gasteiger partial charge is 0.462 e. The van der Waals surface area contributed by atoms with Crippen LogP contribution in [0.4, 0.5) is 18.9 Å². The molecular formula is C12H14F3NO4. The van der Waals surface area contributed by atoms with Crippen LogP contribution in [0.25, 0.3) is 0 Å². The van der Waals surface area contributed by atoms with Crippen molar-refractivity contribution in [3.05, 3.63) is 28.8 Å². The number of nitrogens with two attached hydrogens (primary N) is 1. The SMILES string of the molecule is CCOC(=O)c1cc(C(F)(F)F)c([C@H](O)CO)cc1N. The molecule has 0 saturated carbocycles. The van der Waals surface area contributed by atoms with Crippen LogP contribution in [0.3, 0.4) is 0 Å². The molecule has 0 fully saturated rings. The van der Waals surface area contributed by atoms with Gasteiger partial charge in [-0.3, -0.25) is 0 Å². The van der Waals surface area contributed by atoms with E-state index in [0.717, 1.165) is 6.07 Å². The Morgan fingerprint density at radius 2 is 2.05 bits per heavy atom. The Hall–Kier alpha value is -1.80. The van der Waals surface area contributed by atoms with E-state index in [0.29, 0.717) is 6.07 Å². The van der Waals surface area contributed by atoms with Crippen molar-refractivity contribution < 1.29 is 32.9 Å². The van der Waals surface area contributed by atoms with Gasteiger partial charge in [0, 0.05) is 5.69 Å². The van der Waals surface area contributed by atoms with E-state index in [2.05, 4.69) is 4.74 Å². The van der Waals surface area contributed by atoms with Crippen molar-refractivity contribution in [3.8, 4) is 0 Å². The number of hydrogen-bond acceptors (Lipinski definition) is 5. The third-order valence-electron chi connectivity index (χ3n) is 2.55. The number of ether oxygens (including phenoxy) is 1. The molecule has 0 heterocycles. The Labute approximate surface area is 112 Å². The predicted octanol–water partition coefficient (Wildman–Crippen LogP) is 1.49. The maximum absolute atomic E-state index is 12.9. The second kappa shape index (κ2) is 6.10. The van der Waals surface area contributed by atoms with Gasteiger partial charge in [-0.2, -0.15) is 13.2 Å². The van der Waals surface area contributed by atoms with Gasteiger partial charge in [-0.05, 0) is 24.6 Å². The van der Waals surface area contributed by atoms with Crippen LogP contribution in [0, 0.1) is 0 Å². The molecule has 5 nitrogen and oxygen atoms in total. The highest BCUT2D eigenvalue weighted by Crippen LogP contribution is 2.37. The van der Waals surface area contributed by atoms with Crippen LogP contribution in [0.2, 0.25) is 0 Å². The van der Waals surface area contributed by atoms with Crippen molar-refractivity contribution in [2.45, 2.75) is 19.2 Å². The number of nitrogen functional groups attached to an aromatic ring is 1. The summed E-state index contributed by atoms with van der Waals surface area (Å²) >= 11 is 0. The Bertz CT molecular complexity index is 502. The van der Waals surface area contributed by atoms with E-state index in [1.807, 2.05) is 0 Å². The summed E-state index contributed by atoms with van der Waals surface area (Å²) in [6.45, 7) is 0.588. The molecule has 0 unspecified atom stereocenters. The van der Waals surface area contributed by atoms with Crippen molar-refractivity contribution >= 4 is 11.7 Å².